The fourth-order valence-corrected chi connectivity index (χ4v) is 5.78. The molecule has 3 aliphatic rings. The van der Waals surface area contributed by atoms with Gasteiger partial charge >= 0.3 is 0 Å². The van der Waals surface area contributed by atoms with E-state index in [1.54, 1.807) is 0 Å². The van der Waals surface area contributed by atoms with Crippen molar-refractivity contribution in [2.75, 3.05) is 13.1 Å². The molecule has 3 unspecified atom stereocenters. The minimum atomic E-state index is 0.431. The quantitative estimate of drug-likeness (QED) is 0.644. The van der Waals surface area contributed by atoms with Crippen molar-refractivity contribution >= 4 is 10.8 Å². The maximum Gasteiger partial charge on any atom is 0.120 e. The molecule has 5 rings (SSSR count). The van der Waals surface area contributed by atoms with Crippen LogP contribution in [0.4, 0.5) is 0 Å². The maximum atomic E-state index is 6.42. The van der Waals surface area contributed by atoms with E-state index < -0.39 is 0 Å². The monoisotopic (exact) mass is 363 g/mol. The third-order valence-electron chi connectivity index (χ3n) is 7.28. The van der Waals surface area contributed by atoms with Gasteiger partial charge in [0, 0.05) is 6.54 Å². The fraction of sp³-hybridized carbons (Fsp3) is 0.600. The molecule has 1 aliphatic heterocycles. The molecule has 144 valence electrons. The number of hydrogen-bond acceptors (Lipinski definition) is 2. The zero-order valence-corrected chi connectivity index (χ0v) is 16.5. The van der Waals surface area contributed by atoms with Crippen molar-refractivity contribution in [2.45, 2.75) is 70.4 Å². The third-order valence-corrected chi connectivity index (χ3v) is 7.28. The largest absolute Gasteiger partial charge is 0.490 e. The van der Waals surface area contributed by atoms with Crippen LogP contribution in [0.3, 0.4) is 0 Å². The lowest BCUT2D eigenvalue weighted by atomic mass is 9.80. The molecule has 27 heavy (non-hydrogen) atoms. The van der Waals surface area contributed by atoms with Gasteiger partial charge in [-0.05, 0) is 91.6 Å². The normalized spacial score (nSPS) is 29.0. The summed E-state index contributed by atoms with van der Waals surface area (Å²) in [6.45, 7) is 3.61. The average Bonchev–Trinajstić information content (AvgIpc) is 3.17. The van der Waals surface area contributed by atoms with Gasteiger partial charge in [0.2, 0.25) is 0 Å². The number of nitrogens with zero attached hydrogens (tertiary/aromatic N) is 1. The molecule has 0 aromatic heterocycles. The lowest BCUT2D eigenvalue weighted by Gasteiger charge is -2.32. The molecule has 2 aromatic carbocycles. The Morgan fingerprint density at radius 3 is 2.52 bits per heavy atom. The molecular weight excluding hydrogens is 330 g/mol. The second-order valence-corrected chi connectivity index (χ2v) is 9.18. The van der Waals surface area contributed by atoms with Gasteiger partial charge in [0.15, 0.2) is 0 Å². The lowest BCUT2D eigenvalue weighted by Crippen LogP contribution is -2.29. The van der Waals surface area contributed by atoms with E-state index in [2.05, 4.69) is 41.3 Å². The van der Waals surface area contributed by atoms with E-state index in [0.29, 0.717) is 6.10 Å². The molecule has 0 spiro atoms. The standard InChI is InChI=1S/C25H33NO/c1-2-13-26(14-3-1)18-19-7-8-23-17-25(12-10-22(23)15-19)27-24-11-9-20-5-4-6-21(20)16-24/h7-8,10,12,15,17,20-21,24H,1-6,9,11,13-14,16,18H2. The highest BCUT2D eigenvalue weighted by atomic mass is 16.5. The van der Waals surface area contributed by atoms with Crippen LogP contribution in [0, 0.1) is 11.8 Å². The first-order chi connectivity index (χ1) is 13.3. The van der Waals surface area contributed by atoms with Gasteiger partial charge < -0.3 is 4.74 Å². The molecule has 3 atom stereocenters. The van der Waals surface area contributed by atoms with Crippen molar-refractivity contribution in [3.05, 3.63) is 42.0 Å². The van der Waals surface area contributed by atoms with Gasteiger partial charge in [-0.1, -0.05) is 43.9 Å². The van der Waals surface area contributed by atoms with Crippen molar-refractivity contribution in [2.24, 2.45) is 11.8 Å². The minimum absolute atomic E-state index is 0.431. The van der Waals surface area contributed by atoms with E-state index in [-0.39, 0.29) is 0 Å². The molecule has 0 bridgehead atoms. The molecule has 3 fully saturated rings. The Balaban J connectivity index is 1.25. The summed E-state index contributed by atoms with van der Waals surface area (Å²) in [5.74, 6) is 2.99. The summed E-state index contributed by atoms with van der Waals surface area (Å²) in [6.07, 6.45) is 12.8. The molecular formula is C25H33NO. The Bertz CT molecular complexity index is 779. The van der Waals surface area contributed by atoms with E-state index in [1.165, 1.54) is 87.2 Å². The summed E-state index contributed by atoms with van der Waals surface area (Å²) in [5.41, 5.74) is 1.44. The number of benzene rings is 2. The average molecular weight is 364 g/mol. The molecule has 0 amide bonds. The van der Waals surface area contributed by atoms with E-state index >= 15 is 0 Å². The Morgan fingerprint density at radius 1 is 0.778 bits per heavy atom. The predicted molar refractivity (Wildman–Crippen MR) is 112 cm³/mol. The van der Waals surface area contributed by atoms with Crippen molar-refractivity contribution in [1.82, 2.24) is 4.90 Å². The first-order valence-electron chi connectivity index (χ1n) is 11.3. The van der Waals surface area contributed by atoms with Crippen molar-refractivity contribution in [3.8, 4) is 5.75 Å². The van der Waals surface area contributed by atoms with Crippen LogP contribution < -0.4 is 4.74 Å². The fourth-order valence-electron chi connectivity index (χ4n) is 5.78. The zero-order valence-electron chi connectivity index (χ0n) is 16.5. The highest BCUT2D eigenvalue weighted by molar-refractivity contribution is 5.84. The van der Waals surface area contributed by atoms with E-state index in [4.69, 9.17) is 4.74 Å². The molecule has 2 heteroatoms. The van der Waals surface area contributed by atoms with Gasteiger partial charge in [-0.2, -0.15) is 0 Å². The van der Waals surface area contributed by atoms with Crippen molar-refractivity contribution in [1.29, 1.82) is 0 Å². The van der Waals surface area contributed by atoms with Crippen LogP contribution >= 0.6 is 0 Å². The summed E-state index contributed by atoms with van der Waals surface area (Å²) in [4.78, 5) is 2.60. The van der Waals surface area contributed by atoms with E-state index in [0.717, 1.165) is 24.1 Å². The maximum absolute atomic E-state index is 6.42. The number of piperidine rings is 1. The second-order valence-electron chi connectivity index (χ2n) is 9.18. The first kappa shape index (κ1) is 17.6. The lowest BCUT2D eigenvalue weighted by molar-refractivity contribution is 0.101. The Hall–Kier alpha value is -1.54. The summed E-state index contributed by atoms with van der Waals surface area (Å²) >= 11 is 0. The highest BCUT2D eigenvalue weighted by Crippen LogP contribution is 2.43. The topological polar surface area (TPSA) is 12.5 Å². The number of ether oxygens (including phenoxy) is 1. The third kappa shape index (κ3) is 4.01. The smallest absolute Gasteiger partial charge is 0.120 e. The van der Waals surface area contributed by atoms with Gasteiger partial charge in [-0.25, -0.2) is 0 Å². The number of rotatable bonds is 4. The van der Waals surface area contributed by atoms with Crippen LogP contribution in [-0.4, -0.2) is 24.1 Å². The van der Waals surface area contributed by atoms with Crippen LogP contribution in [0.1, 0.15) is 63.4 Å². The summed E-state index contributed by atoms with van der Waals surface area (Å²) < 4.78 is 6.42. The zero-order chi connectivity index (χ0) is 18.1. The van der Waals surface area contributed by atoms with E-state index in [9.17, 15) is 0 Å². The summed E-state index contributed by atoms with van der Waals surface area (Å²) in [6, 6.07) is 13.7. The molecule has 0 radical (unpaired) electrons. The molecule has 1 heterocycles. The Morgan fingerprint density at radius 2 is 1.59 bits per heavy atom. The van der Waals surface area contributed by atoms with Crippen LogP contribution in [0.25, 0.3) is 10.8 Å². The predicted octanol–water partition coefficient (Wildman–Crippen LogP) is 6.17. The summed E-state index contributed by atoms with van der Waals surface area (Å²) in [5, 5.41) is 2.65. The van der Waals surface area contributed by atoms with Gasteiger partial charge in [0.25, 0.3) is 0 Å². The van der Waals surface area contributed by atoms with Crippen LogP contribution in [0.15, 0.2) is 36.4 Å². The Labute approximate surface area is 163 Å². The van der Waals surface area contributed by atoms with Crippen LogP contribution in [-0.2, 0) is 6.54 Å². The van der Waals surface area contributed by atoms with Gasteiger partial charge in [-0.15, -0.1) is 0 Å². The van der Waals surface area contributed by atoms with Crippen LogP contribution in [0.5, 0.6) is 5.75 Å². The summed E-state index contributed by atoms with van der Waals surface area (Å²) in [7, 11) is 0. The van der Waals surface area contributed by atoms with Crippen molar-refractivity contribution < 1.29 is 4.74 Å². The Kier molecular flexibility index (Phi) is 5.09. The highest BCUT2D eigenvalue weighted by Gasteiger charge is 2.34. The number of fused-ring (bicyclic) bond motifs is 2. The van der Waals surface area contributed by atoms with E-state index in [1.807, 2.05) is 0 Å². The molecule has 0 N–H and O–H groups in total. The minimum Gasteiger partial charge on any atom is -0.490 e. The molecule has 2 saturated carbocycles. The van der Waals surface area contributed by atoms with Crippen LogP contribution in [0.2, 0.25) is 0 Å². The molecule has 1 saturated heterocycles. The van der Waals surface area contributed by atoms with Gasteiger partial charge in [-0.3, -0.25) is 4.90 Å². The number of likely N-dealkylation sites (tertiary alicyclic amines) is 1. The number of hydrogen-bond donors (Lipinski definition) is 0. The molecule has 2 aromatic rings. The first-order valence-corrected chi connectivity index (χ1v) is 11.3. The molecule has 2 nitrogen and oxygen atoms in total. The second kappa shape index (κ2) is 7.83. The van der Waals surface area contributed by atoms with Crippen molar-refractivity contribution in [3.63, 3.8) is 0 Å². The SMILES string of the molecule is c1cc2cc(OC3CCC4CCCC4C3)ccc2cc1CN1CCCCC1. The van der Waals surface area contributed by atoms with Gasteiger partial charge in [0.05, 0.1) is 6.10 Å². The van der Waals surface area contributed by atoms with Gasteiger partial charge in [0.1, 0.15) is 5.75 Å². The molecule has 2 aliphatic carbocycles.